The van der Waals surface area contributed by atoms with Crippen LogP contribution in [0, 0.1) is 0 Å². The number of pyridine rings is 1. The van der Waals surface area contributed by atoms with Crippen molar-refractivity contribution < 1.29 is 13.2 Å². The monoisotopic (exact) mass is 415 g/mol. The van der Waals surface area contributed by atoms with Crippen LogP contribution in [0.3, 0.4) is 0 Å². The quantitative estimate of drug-likeness (QED) is 0.620. The summed E-state index contributed by atoms with van der Waals surface area (Å²) in [6.45, 7) is 0.353. The molecule has 1 aromatic heterocycles. The zero-order valence-electron chi connectivity index (χ0n) is 14.8. The molecule has 8 heteroatoms. The second kappa shape index (κ2) is 8.97. The van der Waals surface area contributed by atoms with E-state index >= 15 is 0 Å². The third-order valence-electron chi connectivity index (χ3n) is 3.95. The normalized spacial score (nSPS) is 11.2. The first-order valence-corrected chi connectivity index (χ1v) is 10.3. The Balaban J connectivity index is 1.73. The molecule has 2 aromatic carbocycles. The molecular weight excluding hydrogens is 398 g/mol. The Kier molecular flexibility index (Phi) is 6.41. The first-order chi connectivity index (χ1) is 13.5. The molecule has 0 saturated carbocycles. The second-order valence-electron chi connectivity index (χ2n) is 5.96. The summed E-state index contributed by atoms with van der Waals surface area (Å²) in [5.41, 5.74) is 1.70. The molecule has 3 rings (SSSR count). The highest BCUT2D eigenvalue weighted by Crippen LogP contribution is 2.23. The van der Waals surface area contributed by atoms with Gasteiger partial charge in [-0.1, -0.05) is 48.0 Å². The molecule has 0 radical (unpaired) electrons. The molecule has 6 nitrogen and oxygen atoms in total. The lowest BCUT2D eigenvalue weighted by atomic mass is 10.2. The number of carbonyl (C=O) groups is 1. The number of sulfonamides is 1. The Morgan fingerprint density at radius 2 is 1.71 bits per heavy atom. The van der Waals surface area contributed by atoms with Gasteiger partial charge in [0, 0.05) is 18.3 Å². The predicted molar refractivity (Wildman–Crippen MR) is 107 cm³/mol. The summed E-state index contributed by atoms with van der Waals surface area (Å²) in [5, 5.41) is 2.75. The zero-order valence-corrected chi connectivity index (χ0v) is 16.4. The predicted octanol–water partition coefficient (Wildman–Crippen LogP) is 3.14. The fraction of sp³-hybridized carbons (Fsp3) is 0.100. The van der Waals surface area contributed by atoms with E-state index in [1.807, 2.05) is 36.4 Å². The fourth-order valence-corrected chi connectivity index (χ4v) is 4.02. The van der Waals surface area contributed by atoms with Crippen LogP contribution >= 0.6 is 11.6 Å². The minimum absolute atomic E-state index is 0.0434. The van der Waals surface area contributed by atoms with E-state index in [1.54, 1.807) is 18.3 Å². The van der Waals surface area contributed by atoms with Gasteiger partial charge in [-0.05, 0) is 35.9 Å². The second-order valence-corrected chi connectivity index (χ2v) is 8.10. The molecule has 0 atom stereocenters. The minimum Gasteiger partial charge on any atom is -0.346 e. The van der Waals surface area contributed by atoms with E-state index in [0.29, 0.717) is 5.69 Å². The Labute approximate surface area is 168 Å². The van der Waals surface area contributed by atoms with E-state index in [-0.39, 0.29) is 28.6 Å². The standard InChI is InChI=1S/C20H18ClN3O3S/c21-18-10-9-16(20(25)23-14-17-8-4-5-11-22-17)12-19(18)28(26,27)24-13-15-6-2-1-3-7-15/h1-12,24H,13-14H2,(H,23,25). The summed E-state index contributed by atoms with van der Waals surface area (Å²) in [5.74, 6) is -0.415. The van der Waals surface area contributed by atoms with Crippen LogP contribution in [0.15, 0.2) is 77.8 Å². The van der Waals surface area contributed by atoms with Crippen LogP contribution in [0.25, 0.3) is 0 Å². The Hall–Kier alpha value is -2.74. The van der Waals surface area contributed by atoms with Crippen LogP contribution < -0.4 is 10.0 Å². The average molecular weight is 416 g/mol. The van der Waals surface area contributed by atoms with Gasteiger partial charge in [0.05, 0.1) is 17.3 Å². The largest absolute Gasteiger partial charge is 0.346 e. The van der Waals surface area contributed by atoms with Gasteiger partial charge in [-0.2, -0.15) is 0 Å². The highest BCUT2D eigenvalue weighted by Gasteiger charge is 2.20. The molecule has 0 saturated heterocycles. The van der Waals surface area contributed by atoms with Crippen molar-refractivity contribution in [1.29, 1.82) is 0 Å². The van der Waals surface area contributed by atoms with Gasteiger partial charge < -0.3 is 5.32 Å². The SMILES string of the molecule is O=C(NCc1ccccn1)c1ccc(Cl)c(S(=O)(=O)NCc2ccccc2)c1. The van der Waals surface area contributed by atoms with Gasteiger partial charge in [-0.15, -0.1) is 0 Å². The smallest absolute Gasteiger partial charge is 0.251 e. The van der Waals surface area contributed by atoms with E-state index in [2.05, 4.69) is 15.0 Å². The molecule has 144 valence electrons. The maximum Gasteiger partial charge on any atom is 0.251 e. The van der Waals surface area contributed by atoms with Crippen LogP contribution in [0.5, 0.6) is 0 Å². The lowest BCUT2D eigenvalue weighted by Gasteiger charge is -2.11. The molecule has 0 aliphatic rings. The van der Waals surface area contributed by atoms with Gasteiger partial charge in [0.1, 0.15) is 4.90 Å². The van der Waals surface area contributed by atoms with Crippen molar-refractivity contribution in [3.05, 3.63) is 94.8 Å². The third-order valence-corrected chi connectivity index (χ3v) is 5.83. The van der Waals surface area contributed by atoms with Crippen LogP contribution in [-0.4, -0.2) is 19.3 Å². The molecule has 1 heterocycles. The van der Waals surface area contributed by atoms with Gasteiger partial charge in [-0.25, -0.2) is 13.1 Å². The number of aromatic nitrogens is 1. The lowest BCUT2D eigenvalue weighted by Crippen LogP contribution is -2.26. The summed E-state index contributed by atoms with van der Waals surface area (Å²) >= 11 is 6.08. The fourth-order valence-electron chi connectivity index (χ4n) is 2.48. The number of amides is 1. The molecular formula is C20H18ClN3O3S. The number of hydrogen-bond donors (Lipinski definition) is 2. The first-order valence-electron chi connectivity index (χ1n) is 8.47. The Bertz CT molecular complexity index is 1060. The number of nitrogens with zero attached hydrogens (tertiary/aromatic N) is 1. The van der Waals surface area contributed by atoms with Gasteiger partial charge in [-0.3, -0.25) is 9.78 Å². The number of nitrogens with one attached hydrogen (secondary N) is 2. The zero-order chi connectivity index (χ0) is 20.0. The van der Waals surface area contributed by atoms with Crippen molar-refractivity contribution in [2.75, 3.05) is 0 Å². The van der Waals surface area contributed by atoms with Crippen molar-refractivity contribution >= 4 is 27.5 Å². The molecule has 2 N–H and O–H groups in total. The topological polar surface area (TPSA) is 88.2 Å². The van der Waals surface area contributed by atoms with E-state index in [1.165, 1.54) is 18.2 Å². The van der Waals surface area contributed by atoms with E-state index in [0.717, 1.165) is 5.56 Å². The van der Waals surface area contributed by atoms with Crippen molar-refractivity contribution in [2.24, 2.45) is 0 Å². The molecule has 0 spiro atoms. The maximum atomic E-state index is 12.6. The number of benzene rings is 2. The van der Waals surface area contributed by atoms with Crippen molar-refractivity contribution in [3.63, 3.8) is 0 Å². The number of hydrogen-bond acceptors (Lipinski definition) is 4. The van der Waals surface area contributed by atoms with Crippen molar-refractivity contribution in [2.45, 2.75) is 18.0 Å². The first kappa shape index (κ1) is 20.0. The minimum atomic E-state index is -3.89. The van der Waals surface area contributed by atoms with Crippen LogP contribution in [0.1, 0.15) is 21.6 Å². The number of rotatable bonds is 7. The molecule has 0 unspecified atom stereocenters. The van der Waals surface area contributed by atoms with Crippen molar-refractivity contribution in [3.8, 4) is 0 Å². The molecule has 3 aromatic rings. The Morgan fingerprint density at radius 1 is 0.964 bits per heavy atom. The molecule has 0 fully saturated rings. The van der Waals surface area contributed by atoms with E-state index in [9.17, 15) is 13.2 Å². The van der Waals surface area contributed by atoms with Crippen LogP contribution in [-0.2, 0) is 23.1 Å². The van der Waals surface area contributed by atoms with E-state index in [4.69, 9.17) is 11.6 Å². The average Bonchev–Trinajstić information content (AvgIpc) is 2.72. The highest BCUT2D eigenvalue weighted by molar-refractivity contribution is 7.89. The number of halogens is 1. The number of carbonyl (C=O) groups excluding carboxylic acids is 1. The third kappa shape index (κ3) is 5.16. The van der Waals surface area contributed by atoms with Gasteiger partial charge in [0.25, 0.3) is 5.91 Å². The lowest BCUT2D eigenvalue weighted by molar-refractivity contribution is 0.0950. The summed E-state index contributed by atoms with van der Waals surface area (Å²) in [6, 6.07) is 18.6. The molecule has 1 amide bonds. The molecule has 0 aliphatic carbocycles. The molecule has 0 aliphatic heterocycles. The Morgan fingerprint density at radius 3 is 2.43 bits per heavy atom. The summed E-state index contributed by atoms with van der Waals surface area (Å²) in [7, 11) is -3.89. The summed E-state index contributed by atoms with van der Waals surface area (Å²) in [6.07, 6.45) is 1.63. The molecule has 28 heavy (non-hydrogen) atoms. The summed E-state index contributed by atoms with van der Waals surface area (Å²) in [4.78, 5) is 16.4. The van der Waals surface area contributed by atoms with Crippen molar-refractivity contribution in [1.82, 2.24) is 15.0 Å². The summed E-state index contributed by atoms with van der Waals surface area (Å²) < 4.78 is 27.8. The maximum absolute atomic E-state index is 12.6. The van der Waals surface area contributed by atoms with Gasteiger partial charge in [0.2, 0.25) is 10.0 Å². The highest BCUT2D eigenvalue weighted by atomic mass is 35.5. The molecule has 0 bridgehead atoms. The van der Waals surface area contributed by atoms with Gasteiger partial charge >= 0.3 is 0 Å². The van der Waals surface area contributed by atoms with E-state index < -0.39 is 15.9 Å². The van der Waals surface area contributed by atoms with Crippen LogP contribution in [0.4, 0.5) is 0 Å². The van der Waals surface area contributed by atoms with Crippen LogP contribution in [0.2, 0.25) is 5.02 Å². The van der Waals surface area contributed by atoms with Gasteiger partial charge in [0.15, 0.2) is 0 Å².